The van der Waals surface area contributed by atoms with Gasteiger partial charge in [0.1, 0.15) is 0 Å². The van der Waals surface area contributed by atoms with Crippen molar-refractivity contribution in [3.63, 3.8) is 0 Å². The largest absolute Gasteiger partial charge is 0.345 e. The number of amides is 1. The van der Waals surface area contributed by atoms with Crippen molar-refractivity contribution in [1.82, 2.24) is 15.1 Å². The van der Waals surface area contributed by atoms with E-state index in [1.165, 1.54) is 0 Å². The number of hydrogen-bond donors (Lipinski definition) is 1. The molecule has 2 rings (SSSR count). The van der Waals surface area contributed by atoms with Gasteiger partial charge in [-0.05, 0) is 19.9 Å². The quantitative estimate of drug-likeness (QED) is 0.866. The lowest BCUT2D eigenvalue weighted by atomic mass is 10.1. The van der Waals surface area contributed by atoms with Crippen molar-refractivity contribution >= 4 is 28.4 Å². The molecular weight excluding hydrogens is 250 g/mol. The van der Waals surface area contributed by atoms with Crippen LogP contribution >= 0.6 is 11.6 Å². The number of benzene rings is 1. The van der Waals surface area contributed by atoms with Crippen molar-refractivity contribution in [1.29, 1.82) is 0 Å². The Morgan fingerprint density at radius 2 is 2.11 bits per heavy atom. The van der Waals surface area contributed by atoms with Gasteiger partial charge < -0.3 is 5.32 Å². The third-order valence-electron chi connectivity index (χ3n) is 2.76. The standard InChI is InChI=1S/C13H16ClN3O/c1-13(2,8-14)15-12(18)11-9-6-4-5-7-10(9)17(3)16-11/h4-7H,8H2,1-3H3,(H,15,18). The number of rotatable bonds is 3. The summed E-state index contributed by atoms with van der Waals surface area (Å²) >= 11 is 5.81. The van der Waals surface area contributed by atoms with Crippen LogP contribution in [0.4, 0.5) is 0 Å². The number of aryl methyl sites for hydroxylation is 1. The molecule has 0 radical (unpaired) electrons. The molecule has 0 atom stereocenters. The normalized spacial score (nSPS) is 11.8. The average molecular weight is 266 g/mol. The zero-order valence-electron chi connectivity index (χ0n) is 10.7. The van der Waals surface area contributed by atoms with Gasteiger partial charge >= 0.3 is 0 Å². The number of para-hydroxylation sites is 1. The summed E-state index contributed by atoms with van der Waals surface area (Å²) in [6.07, 6.45) is 0. The number of carbonyl (C=O) groups excluding carboxylic acids is 1. The van der Waals surface area contributed by atoms with Crippen LogP contribution in [-0.4, -0.2) is 27.1 Å². The molecule has 0 bridgehead atoms. The first-order valence-corrected chi connectivity index (χ1v) is 6.28. The van der Waals surface area contributed by atoms with Crippen molar-refractivity contribution in [2.75, 3.05) is 5.88 Å². The van der Waals surface area contributed by atoms with Crippen LogP contribution in [0.5, 0.6) is 0 Å². The van der Waals surface area contributed by atoms with E-state index >= 15 is 0 Å². The Labute approximate surface area is 111 Å². The molecule has 0 saturated carbocycles. The molecule has 1 aromatic carbocycles. The molecule has 0 spiro atoms. The minimum absolute atomic E-state index is 0.197. The Kier molecular flexibility index (Phi) is 3.30. The summed E-state index contributed by atoms with van der Waals surface area (Å²) in [7, 11) is 1.83. The van der Waals surface area contributed by atoms with Crippen LogP contribution < -0.4 is 5.32 Å². The predicted octanol–water partition coefficient (Wildman–Crippen LogP) is 2.32. The summed E-state index contributed by atoms with van der Waals surface area (Å²) in [5, 5.41) is 8.00. The van der Waals surface area contributed by atoms with E-state index in [9.17, 15) is 4.79 Å². The maximum Gasteiger partial charge on any atom is 0.272 e. The fourth-order valence-electron chi connectivity index (χ4n) is 1.78. The number of carbonyl (C=O) groups is 1. The molecule has 0 aliphatic heterocycles. The van der Waals surface area contributed by atoms with Crippen LogP contribution in [0.2, 0.25) is 0 Å². The van der Waals surface area contributed by atoms with Gasteiger partial charge in [0, 0.05) is 23.9 Å². The van der Waals surface area contributed by atoms with Gasteiger partial charge in [-0.15, -0.1) is 11.6 Å². The highest BCUT2D eigenvalue weighted by Crippen LogP contribution is 2.18. The second-order valence-electron chi connectivity index (χ2n) is 4.96. The van der Waals surface area contributed by atoms with Gasteiger partial charge in [-0.25, -0.2) is 0 Å². The monoisotopic (exact) mass is 265 g/mol. The molecule has 0 aliphatic carbocycles. The molecule has 5 heteroatoms. The summed E-state index contributed by atoms with van der Waals surface area (Å²) in [6, 6.07) is 7.65. The Morgan fingerprint density at radius 1 is 1.44 bits per heavy atom. The highest BCUT2D eigenvalue weighted by Gasteiger charge is 2.23. The number of fused-ring (bicyclic) bond motifs is 1. The van der Waals surface area contributed by atoms with Crippen molar-refractivity contribution in [2.24, 2.45) is 7.05 Å². The molecule has 0 saturated heterocycles. The van der Waals surface area contributed by atoms with Crippen molar-refractivity contribution < 1.29 is 4.79 Å². The Balaban J connectivity index is 2.40. The first-order valence-electron chi connectivity index (χ1n) is 5.75. The summed E-state index contributed by atoms with van der Waals surface area (Å²) < 4.78 is 1.71. The van der Waals surface area contributed by atoms with Crippen molar-refractivity contribution in [2.45, 2.75) is 19.4 Å². The molecule has 1 heterocycles. The summed E-state index contributed by atoms with van der Waals surface area (Å²) in [5.74, 6) is 0.154. The molecule has 0 unspecified atom stereocenters. The lowest BCUT2D eigenvalue weighted by molar-refractivity contribution is 0.0916. The molecule has 96 valence electrons. The van der Waals surface area contributed by atoms with E-state index in [0.29, 0.717) is 11.6 Å². The van der Waals surface area contributed by atoms with Gasteiger partial charge in [0.05, 0.1) is 5.52 Å². The second-order valence-corrected chi connectivity index (χ2v) is 5.23. The van der Waals surface area contributed by atoms with Crippen LogP contribution in [0.15, 0.2) is 24.3 Å². The van der Waals surface area contributed by atoms with E-state index in [4.69, 9.17) is 11.6 Å². The zero-order chi connectivity index (χ0) is 13.3. The molecule has 4 nitrogen and oxygen atoms in total. The van der Waals surface area contributed by atoms with Gasteiger partial charge in [-0.3, -0.25) is 9.48 Å². The third kappa shape index (κ3) is 2.34. The lowest BCUT2D eigenvalue weighted by Crippen LogP contribution is -2.45. The maximum absolute atomic E-state index is 12.2. The number of alkyl halides is 1. The fraction of sp³-hybridized carbons (Fsp3) is 0.385. The number of nitrogens with one attached hydrogen (secondary N) is 1. The number of halogens is 1. The highest BCUT2D eigenvalue weighted by molar-refractivity contribution is 6.19. The molecule has 2 aromatic rings. The van der Waals surface area contributed by atoms with E-state index in [0.717, 1.165) is 10.9 Å². The molecule has 0 aliphatic rings. The van der Waals surface area contributed by atoms with E-state index in [1.54, 1.807) is 4.68 Å². The van der Waals surface area contributed by atoms with E-state index in [1.807, 2.05) is 45.2 Å². The van der Waals surface area contributed by atoms with Crippen LogP contribution in [0.1, 0.15) is 24.3 Å². The molecule has 0 fully saturated rings. The topological polar surface area (TPSA) is 46.9 Å². The Hall–Kier alpha value is -1.55. The molecule has 1 N–H and O–H groups in total. The average Bonchev–Trinajstić information content (AvgIpc) is 2.67. The van der Waals surface area contributed by atoms with Gasteiger partial charge in [-0.2, -0.15) is 5.10 Å². The first-order chi connectivity index (χ1) is 8.44. The van der Waals surface area contributed by atoms with Crippen LogP contribution in [0.25, 0.3) is 10.9 Å². The Bertz CT molecular complexity index is 589. The summed E-state index contributed by atoms with van der Waals surface area (Å²) in [6.45, 7) is 3.76. The minimum atomic E-state index is -0.447. The van der Waals surface area contributed by atoms with Crippen molar-refractivity contribution in [3.05, 3.63) is 30.0 Å². The van der Waals surface area contributed by atoms with Gasteiger partial charge in [0.2, 0.25) is 0 Å². The van der Waals surface area contributed by atoms with Crippen LogP contribution in [0, 0.1) is 0 Å². The molecule has 1 aromatic heterocycles. The molecule has 18 heavy (non-hydrogen) atoms. The SMILES string of the molecule is Cn1nc(C(=O)NC(C)(C)CCl)c2ccccc21. The van der Waals surface area contributed by atoms with Gasteiger partial charge in [-0.1, -0.05) is 18.2 Å². The fourth-order valence-corrected chi connectivity index (χ4v) is 1.85. The van der Waals surface area contributed by atoms with Crippen LogP contribution in [-0.2, 0) is 7.05 Å². The third-order valence-corrected chi connectivity index (χ3v) is 3.43. The number of nitrogens with zero attached hydrogens (tertiary/aromatic N) is 2. The highest BCUT2D eigenvalue weighted by atomic mass is 35.5. The van der Waals surface area contributed by atoms with Crippen molar-refractivity contribution in [3.8, 4) is 0 Å². The second kappa shape index (κ2) is 4.61. The van der Waals surface area contributed by atoms with Crippen LogP contribution in [0.3, 0.4) is 0 Å². The lowest BCUT2D eigenvalue weighted by Gasteiger charge is -2.22. The number of hydrogen-bond acceptors (Lipinski definition) is 2. The summed E-state index contributed by atoms with van der Waals surface area (Å²) in [4.78, 5) is 12.2. The van der Waals surface area contributed by atoms with E-state index in [2.05, 4.69) is 10.4 Å². The van der Waals surface area contributed by atoms with Gasteiger partial charge in [0.25, 0.3) is 5.91 Å². The predicted molar refractivity (Wildman–Crippen MR) is 73.0 cm³/mol. The Morgan fingerprint density at radius 3 is 2.78 bits per heavy atom. The first kappa shape index (κ1) is 12.9. The maximum atomic E-state index is 12.2. The van der Waals surface area contributed by atoms with E-state index in [-0.39, 0.29) is 5.91 Å². The smallest absolute Gasteiger partial charge is 0.272 e. The number of aromatic nitrogens is 2. The zero-order valence-corrected chi connectivity index (χ0v) is 11.5. The minimum Gasteiger partial charge on any atom is -0.345 e. The van der Waals surface area contributed by atoms with Gasteiger partial charge in [0.15, 0.2) is 5.69 Å². The molecule has 1 amide bonds. The van der Waals surface area contributed by atoms with E-state index < -0.39 is 5.54 Å². The summed E-state index contributed by atoms with van der Waals surface area (Å²) in [5.41, 5.74) is 0.926. The molecular formula is C13H16ClN3O.